The van der Waals surface area contributed by atoms with E-state index in [9.17, 15) is 9.59 Å². The molecule has 0 aliphatic heterocycles. The van der Waals surface area contributed by atoms with Crippen molar-refractivity contribution >= 4 is 11.9 Å². The Labute approximate surface area is 170 Å². The molecule has 0 aliphatic carbocycles. The number of ether oxygens (including phenoxy) is 2. The monoisotopic (exact) mass is 391 g/mol. The highest BCUT2D eigenvalue weighted by Crippen LogP contribution is 2.14. The number of carbonyl (C=O) groups is 2. The maximum atomic E-state index is 12.4. The fraction of sp³-hybridized carbons (Fsp3) is 0.652. The topological polar surface area (TPSA) is 64.6 Å². The first-order valence-corrected chi connectivity index (χ1v) is 10.6. The predicted octanol–water partition coefficient (Wildman–Crippen LogP) is 5.16. The minimum Gasteiger partial charge on any atom is -0.497 e. The van der Waals surface area contributed by atoms with E-state index in [1.54, 1.807) is 7.11 Å². The molecule has 0 saturated carbocycles. The third-order valence-corrected chi connectivity index (χ3v) is 4.80. The first-order chi connectivity index (χ1) is 13.6. The van der Waals surface area contributed by atoms with Crippen LogP contribution in [0, 0.1) is 0 Å². The van der Waals surface area contributed by atoms with Crippen molar-refractivity contribution in [3.05, 3.63) is 29.8 Å². The number of hydrogen-bond donors (Lipinski definition) is 1. The number of unbranched alkanes of at least 4 members (excludes halogenated alkanes) is 8. The van der Waals surface area contributed by atoms with Crippen molar-refractivity contribution in [3.8, 4) is 5.75 Å². The minimum atomic E-state index is -0.708. The summed E-state index contributed by atoms with van der Waals surface area (Å²) in [6, 6.07) is 7.52. The zero-order valence-corrected chi connectivity index (χ0v) is 17.8. The van der Waals surface area contributed by atoms with Crippen LogP contribution < -0.4 is 10.1 Å². The smallest absolute Gasteiger partial charge is 0.303 e. The molecule has 1 N–H and O–H groups in total. The molecule has 0 aliphatic rings. The molecule has 1 atom stereocenters. The van der Waals surface area contributed by atoms with Gasteiger partial charge in [-0.2, -0.15) is 0 Å². The number of amides is 1. The molecule has 28 heavy (non-hydrogen) atoms. The lowest BCUT2D eigenvalue weighted by Crippen LogP contribution is -2.37. The van der Waals surface area contributed by atoms with Crippen molar-refractivity contribution in [2.75, 3.05) is 7.11 Å². The zero-order valence-electron chi connectivity index (χ0n) is 17.8. The molecular weight excluding hydrogens is 354 g/mol. The Morgan fingerprint density at radius 1 is 0.929 bits per heavy atom. The van der Waals surface area contributed by atoms with Crippen molar-refractivity contribution in [1.29, 1.82) is 0 Å². The fourth-order valence-electron chi connectivity index (χ4n) is 3.13. The summed E-state index contributed by atoms with van der Waals surface area (Å²) in [7, 11) is 1.62. The van der Waals surface area contributed by atoms with Gasteiger partial charge in [-0.25, -0.2) is 0 Å². The maximum absolute atomic E-state index is 12.4. The quantitative estimate of drug-likeness (QED) is 0.331. The van der Waals surface area contributed by atoms with Gasteiger partial charge in [0.05, 0.1) is 7.11 Å². The molecule has 0 heterocycles. The van der Waals surface area contributed by atoms with Crippen molar-refractivity contribution in [2.24, 2.45) is 0 Å². The van der Waals surface area contributed by atoms with Crippen LogP contribution in [0.3, 0.4) is 0 Å². The van der Waals surface area contributed by atoms with E-state index < -0.39 is 12.1 Å². The summed E-state index contributed by atoms with van der Waals surface area (Å²) >= 11 is 0. The van der Waals surface area contributed by atoms with Gasteiger partial charge >= 0.3 is 5.97 Å². The highest BCUT2D eigenvalue weighted by Gasteiger charge is 2.20. The summed E-state index contributed by atoms with van der Waals surface area (Å²) in [6.07, 6.45) is 10.8. The number of methoxy groups -OCH3 is 1. The van der Waals surface area contributed by atoms with Crippen LogP contribution in [0.5, 0.6) is 5.75 Å². The SMILES string of the molecule is CCCCCCCCCCCC(OC(C)=O)C(=O)NCc1ccc(OC)cc1. The van der Waals surface area contributed by atoms with Gasteiger partial charge in [0, 0.05) is 13.5 Å². The van der Waals surface area contributed by atoms with E-state index >= 15 is 0 Å². The Bertz CT molecular complexity index is 556. The summed E-state index contributed by atoms with van der Waals surface area (Å²) in [4.78, 5) is 23.8. The van der Waals surface area contributed by atoms with E-state index in [2.05, 4.69) is 12.2 Å². The van der Waals surface area contributed by atoms with Crippen molar-refractivity contribution in [2.45, 2.75) is 90.7 Å². The van der Waals surface area contributed by atoms with Crippen molar-refractivity contribution in [1.82, 2.24) is 5.32 Å². The minimum absolute atomic E-state index is 0.231. The average molecular weight is 392 g/mol. The summed E-state index contributed by atoms with van der Waals surface area (Å²) < 4.78 is 10.4. The van der Waals surface area contributed by atoms with Crippen LogP contribution >= 0.6 is 0 Å². The summed E-state index contributed by atoms with van der Waals surface area (Å²) in [6.45, 7) is 3.98. The van der Waals surface area contributed by atoms with Gasteiger partial charge < -0.3 is 14.8 Å². The third-order valence-electron chi connectivity index (χ3n) is 4.80. The maximum Gasteiger partial charge on any atom is 0.303 e. The predicted molar refractivity (Wildman–Crippen MR) is 112 cm³/mol. The Morgan fingerprint density at radius 3 is 2.04 bits per heavy atom. The van der Waals surface area contributed by atoms with E-state index in [4.69, 9.17) is 9.47 Å². The number of nitrogens with one attached hydrogen (secondary N) is 1. The molecule has 0 radical (unpaired) electrons. The van der Waals surface area contributed by atoms with Gasteiger partial charge in [-0.3, -0.25) is 9.59 Å². The Morgan fingerprint density at radius 2 is 1.50 bits per heavy atom. The van der Waals surface area contributed by atoms with E-state index in [1.807, 2.05) is 24.3 Å². The molecule has 1 rings (SSSR count). The molecular formula is C23H37NO4. The van der Waals surface area contributed by atoms with Gasteiger partial charge in [0.15, 0.2) is 6.10 Å². The summed E-state index contributed by atoms with van der Waals surface area (Å²) in [5.74, 6) is 0.129. The van der Waals surface area contributed by atoms with E-state index in [1.165, 1.54) is 51.9 Å². The number of benzene rings is 1. The normalized spacial score (nSPS) is 11.7. The van der Waals surface area contributed by atoms with Crippen molar-refractivity contribution < 1.29 is 19.1 Å². The van der Waals surface area contributed by atoms with E-state index in [0.29, 0.717) is 13.0 Å². The van der Waals surface area contributed by atoms with Crippen LogP contribution in [0.4, 0.5) is 0 Å². The lowest BCUT2D eigenvalue weighted by atomic mass is 10.0. The molecule has 0 bridgehead atoms. The van der Waals surface area contributed by atoms with Gasteiger partial charge in [-0.05, 0) is 30.5 Å². The largest absolute Gasteiger partial charge is 0.497 e. The van der Waals surface area contributed by atoms with Gasteiger partial charge in [0.2, 0.25) is 0 Å². The molecule has 158 valence electrons. The standard InChI is InChI=1S/C23H37NO4/c1-4-5-6-7-8-9-10-11-12-13-22(28-19(2)25)23(26)24-18-20-14-16-21(27-3)17-15-20/h14-17,22H,4-13,18H2,1-3H3,(H,24,26). The Kier molecular flexibility index (Phi) is 12.8. The molecule has 0 saturated heterocycles. The number of esters is 1. The molecule has 1 unspecified atom stereocenters. The van der Waals surface area contributed by atoms with Crippen LogP contribution in [0.2, 0.25) is 0 Å². The highest BCUT2D eigenvalue weighted by atomic mass is 16.5. The number of hydrogen-bond acceptors (Lipinski definition) is 4. The molecule has 5 nitrogen and oxygen atoms in total. The van der Waals surface area contributed by atoms with Gasteiger partial charge in [-0.15, -0.1) is 0 Å². The first-order valence-electron chi connectivity index (χ1n) is 10.6. The first kappa shape index (κ1) is 24.0. The van der Waals surface area contributed by atoms with Crippen LogP contribution in [0.25, 0.3) is 0 Å². The summed E-state index contributed by atoms with van der Waals surface area (Å²) in [5.41, 5.74) is 0.971. The average Bonchev–Trinajstić information content (AvgIpc) is 2.70. The van der Waals surface area contributed by atoms with E-state index in [0.717, 1.165) is 24.2 Å². The molecule has 0 aromatic heterocycles. The van der Waals surface area contributed by atoms with Gasteiger partial charge in [0.1, 0.15) is 5.75 Å². The van der Waals surface area contributed by atoms with Crippen LogP contribution in [-0.2, 0) is 20.9 Å². The third kappa shape index (κ3) is 11.0. The highest BCUT2D eigenvalue weighted by molar-refractivity contribution is 5.83. The second-order valence-electron chi connectivity index (χ2n) is 7.28. The van der Waals surface area contributed by atoms with Crippen LogP contribution in [0.1, 0.15) is 83.6 Å². The molecule has 1 aromatic carbocycles. The second kappa shape index (κ2) is 14.9. The molecule has 1 aromatic rings. The van der Waals surface area contributed by atoms with Crippen molar-refractivity contribution in [3.63, 3.8) is 0 Å². The zero-order chi connectivity index (χ0) is 20.6. The lowest BCUT2D eigenvalue weighted by molar-refractivity contribution is -0.154. The van der Waals surface area contributed by atoms with Crippen LogP contribution in [0.15, 0.2) is 24.3 Å². The lowest BCUT2D eigenvalue weighted by Gasteiger charge is -2.17. The molecule has 0 fully saturated rings. The van der Waals surface area contributed by atoms with Gasteiger partial charge in [0.25, 0.3) is 5.91 Å². The van der Waals surface area contributed by atoms with Crippen LogP contribution in [-0.4, -0.2) is 25.1 Å². The molecule has 1 amide bonds. The van der Waals surface area contributed by atoms with E-state index in [-0.39, 0.29) is 5.91 Å². The Hall–Kier alpha value is -2.04. The second-order valence-corrected chi connectivity index (χ2v) is 7.28. The Balaban J connectivity index is 2.29. The van der Waals surface area contributed by atoms with Gasteiger partial charge in [-0.1, -0.05) is 70.4 Å². The fourth-order valence-corrected chi connectivity index (χ4v) is 3.13. The molecule has 5 heteroatoms. The number of carbonyl (C=O) groups excluding carboxylic acids is 2. The molecule has 0 spiro atoms. The summed E-state index contributed by atoms with van der Waals surface area (Å²) in [5, 5.41) is 2.87. The number of rotatable bonds is 15.